The third-order valence-electron chi connectivity index (χ3n) is 5.42. The van der Waals surface area contributed by atoms with Crippen LogP contribution < -0.4 is 5.32 Å². The summed E-state index contributed by atoms with van der Waals surface area (Å²) in [5.41, 5.74) is 2.24. The van der Waals surface area contributed by atoms with Gasteiger partial charge in [-0.15, -0.1) is 0 Å². The number of hydrogen-bond acceptors (Lipinski definition) is 3. The summed E-state index contributed by atoms with van der Waals surface area (Å²) in [4.78, 5) is 16.4. The molecule has 0 unspecified atom stereocenters. The number of methoxy groups -OCH3 is 1. The summed E-state index contributed by atoms with van der Waals surface area (Å²) in [5.74, 6) is 0.977. The summed E-state index contributed by atoms with van der Waals surface area (Å²) in [6, 6.07) is 8.32. The van der Waals surface area contributed by atoms with Gasteiger partial charge in [-0.2, -0.15) is 0 Å². The minimum Gasteiger partial charge on any atom is -0.375 e. The molecule has 1 amide bonds. The van der Waals surface area contributed by atoms with E-state index in [1.54, 1.807) is 0 Å². The molecule has 0 fully saturated rings. The molecule has 5 heteroatoms. The van der Waals surface area contributed by atoms with Gasteiger partial charge < -0.3 is 14.6 Å². The van der Waals surface area contributed by atoms with Crippen molar-refractivity contribution in [2.45, 2.75) is 84.1 Å². The van der Waals surface area contributed by atoms with Crippen LogP contribution in [-0.4, -0.2) is 35.7 Å². The van der Waals surface area contributed by atoms with Crippen LogP contribution >= 0.6 is 0 Å². The number of aromatic nitrogens is 2. The molecule has 1 heterocycles. The number of hydrogen-bond donors (Lipinski definition) is 1. The highest BCUT2D eigenvalue weighted by atomic mass is 16.5. The average Bonchev–Trinajstić information content (AvgIpc) is 3.07. The Morgan fingerprint density at radius 2 is 1.66 bits per heavy atom. The molecule has 29 heavy (non-hydrogen) atoms. The summed E-state index contributed by atoms with van der Waals surface area (Å²) in [6.07, 6.45) is 14.2. The lowest BCUT2D eigenvalue weighted by molar-refractivity contribution is -0.124. The smallest absolute Gasteiger partial charge is 0.245 e. The first kappa shape index (κ1) is 23.4. The Kier molecular flexibility index (Phi) is 11.4. The largest absolute Gasteiger partial charge is 0.375 e. The maximum Gasteiger partial charge on any atom is 0.245 e. The van der Waals surface area contributed by atoms with E-state index >= 15 is 0 Å². The van der Waals surface area contributed by atoms with Crippen molar-refractivity contribution in [3.63, 3.8) is 0 Å². The van der Waals surface area contributed by atoms with Crippen molar-refractivity contribution in [1.29, 1.82) is 0 Å². The van der Waals surface area contributed by atoms with Crippen molar-refractivity contribution in [3.8, 4) is 0 Å². The van der Waals surface area contributed by atoms with Crippen LogP contribution in [0.15, 0.2) is 24.3 Å². The van der Waals surface area contributed by atoms with E-state index < -0.39 is 0 Å². The third-order valence-corrected chi connectivity index (χ3v) is 5.42. The lowest BCUT2D eigenvalue weighted by atomic mass is 10.1. The Labute approximate surface area is 176 Å². The van der Waals surface area contributed by atoms with Crippen molar-refractivity contribution in [3.05, 3.63) is 30.1 Å². The van der Waals surface area contributed by atoms with Crippen LogP contribution in [0.25, 0.3) is 11.0 Å². The van der Waals surface area contributed by atoms with Gasteiger partial charge in [0.15, 0.2) is 0 Å². The maximum absolute atomic E-state index is 11.6. The van der Waals surface area contributed by atoms with Gasteiger partial charge in [0.2, 0.25) is 5.91 Å². The zero-order chi connectivity index (χ0) is 20.7. The van der Waals surface area contributed by atoms with E-state index in [2.05, 4.69) is 35.0 Å². The number of fused-ring (bicyclic) bond motifs is 1. The van der Waals surface area contributed by atoms with Gasteiger partial charge in [0, 0.05) is 26.6 Å². The summed E-state index contributed by atoms with van der Waals surface area (Å²) in [6.45, 7) is 3.96. The van der Waals surface area contributed by atoms with E-state index in [4.69, 9.17) is 9.72 Å². The second-order valence-corrected chi connectivity index (χ2v) is 7.88. The van der Waals surface area contributed by atoms with Crippen LogP contribution in [0.1, 0.15) is 77.0 Å². The molecule has 2 aromatic rings. The molecule has 1 N–H and O–H groups in total. The number of nitrogens with zero attached hydrogens (tertiary/aromatic N) is 2. The molecule has 0 atom stereocenters. The molecule has 0 saturated carbocycles. The minimum absolute atomic E-state index is 0.0788. The second kappa shape index (κ2) is 14.2. The number of imidazole rings is 1. The van der Waals surface area contributed by atoms with Gasteiger partial charge in [0.05, 0.1) is 11.0 Å². The van der Waals surface area contributed by atoms with Gasteiger partial charge >= 0.3 is 0 Å². The number of ether oxygens (including phenoxy) is 1. The van der Waals surface area contributed by atoms with Gasteiger partial charge in [0.25, 0.3) is 0 Å². The van der Waals surface area contributed by atoms with E-state index in [-0.39, 0.29) is 12.5 Å². The van der Waals surface area contributed by atoms with Crippen molar-refractivity contribution >= 4 is 16.9 Å². The third kappa shape index (κ3) is 8.57. The molecule has 5 nitrogen and oxygen atoms in total. The Bertz CT molecular complexity index is 711. The molecule has 1 aromatic heterocycles. The monoisotopic (exact) mass is 401 g/mol. The number of para-hydroxylation sites is 2. The number of carbonyl (C=O) groups excluding carboxylic acids is 1. The first-order valence-electron chi connectivity index (χ1n) is 11.5. The highest BCUT2D eigenvalue weighted by Gasteiger charge is 2.10. The van der Waals surface area contributed by atoms with Gasteiger partial charge in [-0.3, -0.25) is 4.79 Å². The summed E-state index contributed by atoms with van der Waals surface area (Å²) >= 11 is 0. The number of benzene rings is 1. The first-order chi connectivity index (χ1) is 14.3. The van der Waals surface area contributed by atoms with Crippen LogP contribution in [0, 0.1) is 0 Å². The molecule has 0 aliphatic heterocycles. The van der Waals surface area contributed by atoms with Gasteiger partial charge in [0.1, 0.15) is 12.4 Å². The Balaban J connectivity index is 1.76. The predicted octanol–water partition coefficient (Wildman–Crippen LogP) is 5.26. The number of aryl methyl sites for hydroxylation is 1. The predicted molar refractivity (Wildman–Crippen MR) is 120 cm³/mol. The molecule has 1 aromatic carbocycles. The van der Waals surface area contributed by atoms with Gasteiger partial charge in [-0.05, 0) is 18.6 Å². The lowest BCUT2D eigenvalue weighted by Gasteiger charge is -2.10. The zero-order valence-corrected chi connectivity index (χ0v) is 18.4. The van der Waals surface area contributed by atoms with E-state index in [1.165, 1.54) is 76.8 Å². The van der Waals surface area contributed by atoms with Crippen LogP contribution in [0.2, 0.25) is 0 Å². The van der Waals surface area contributed by atoms with Crippen LogP contribution in [0.3, 0.4) is 0 Å². The second-order valence-electron chi connectivity index (χ2n) is 7.88. The normalized spacial score (nSPS) is 11.2. The Morgan fingerprint density at radius 1 is 1.00 bits per heavy atom. The van der Waals surface area contributed by atoms with Crippen molar-refractivity contribution < 1.29 is 9.53 Å². The maximum atomic E-state index is 11.6. The molecule has 0 aliphatic carbocycles. The quantitative estimate of drug-likeness (QED) is 0.390. The topological polar surface area (TPSA) is 56.2 Å². The number of nitrogens with one attached hydrogen (secondary N) is 1. The highest BCUT2D eigenvalue weighted by molar-refractivity contribution is 5.77. The first-order valence-corrected chi connectivity index (χ1v) is 11.5. The molecule has 2 rings (SSSR count). The zero-order valence-electron chi connectivity index (χ0n) is 18.4. The van der Waals surface area contributed by atoms with Crippen molar-refractivity contribution in [1.82, 2.24) is 14.9 Å². The summed E-state index contributed by atoms with van der Waals surface area (Å²) in [5, 5.41) is 2.89. The van der Waals surface area contributed by atoms with E-state index in [0.717, 1.165) is 24.3 Å². The fourth-order valence-electron chi connectivity index (χ4n) is 3.82. The average molecular weight is 402 g/mol. The summed E-state index contributed by atoms with van der Waals surface area (Å²) in [7, 11) is 1.53. The van der Waals surface area contributed by atoms with E-state index in [9.17, 15) is 4.79 Å². The van der Waals surface area contributed by atoms with Crippen molar-refractivity contribution in [2.75, 3.05) is 20.3 Å². The Hall–Kier alpha value is -1.88. The van der Waals surface area contributed by atoms with Gasteiger partial charge in [-0.25, -0.2) is 4.98 Å². The van der Waals surface area contributed by atoms with E-state index in [0.29, 0.717) is 6.54 Å². The fraction of sp³-hybridized carbons (Fsp3) is 0.667. The van der Waals surface area contributed by atoms with Gasteiger partial charge in [-0.1, -0.05) is 76.8 Å². The Morgan fingerprint density at radius 3 is 2.34 bits per heavy atom. The molecule has 0 bridgehead atoms. The standard InChI is InChI=1S/C24H39N3O2/c1-3-4-5-6-7-8-9-10-11-14-19-27-22-16-13-12-15-21(22)26-23(27)17-18-25-24(28)20-29-2/h12-13,15-16H,3-11,14,17-20H2,1-2H3,(H,25,28). The molecule has 0 spiro atoms. The lowest BCUT2D eigenvalue weighted by Crippen LogP contribution is -2.29. The summed E-state index contributed by atoms with van der Waals surface area (Å²) < 4.78 is 7.20. The fourth-order valence-corrected chi connectivity index (χ4v) is 3.82. The van der Waals surface area contributed by atoms with Crippen LogP contribution in [0.4, 0.5) is 0 Å². The molecular weight excluding hydrogens is 362 g/mol. The number of unbranched alkanes of at least 4 members (excludes halogenated alkanes) is 9. The number of carbonyl (C=O) groups is 1. The molecule has 0 saturated heterocycles. The van der Waals surface area contributed by atoms with Crippen LogP contribution in [-0.2, 0) is 22.5 Å². The highest BCUT2D eigenvalue weighted by Crippen LogP contribution is 2.18. The molecule has 0 aliphatic rings. The van der Waals surface area contributed by atoms with Crippen molar-refractivity contribution in [2.24, 2.45) is 0 Å². The molecule has 162 valence electrons. The number of rotatable bonds is 16. The van der Waals surface area contributed by atoms with E-state index in [1.807, 2.05) is 6.07 Å². The van der Waals surface area contributed by atoms with Crippen LogP contribution in [0.5, 0.6) is 0 Å². The number of amides is 1. The minimum atomic E-state index is -0.0788. The molecule has 0 radical (unpaired) electrons. The molecular formula is C24H39N3O2. The SMILES string of the molecule is CCCCCCCCCCCCn1c(CCNC(=O)COC)nc2ccccc21.